The molecule has 6 heteroatoms. The van der Waals surface area contributed by atoms with E-state index in [9.17, 15) is 9.59 Å². The van der Waals surface area contributed by atoms with Crippen LogP contribution in [0.5, 0.6) is 5.75 Å². The van der Waals surface area contributed by atoms with Crippen LogP contribution in [0.15, 0.2) is 42.5 Å². The third-order valence-corrected chi connectivity index (χ3v) is 3.39. The quantitative estimate of drug-likeness (QED) is 0.598. The van der Waals surface area contributed by atoms with Gasteiger partial charge in [0.05, 0.1) is 11.3 Å². The number of ether oxygens (including phenoxy) is 1. The second-order valence-corrected chi connectivity index (χ2v) is 5.41. The molecule has 0 aliphatic carbocycles. The predicted octanol–water partition coefficient (Wildman–Crippen LogP) is 3.21. The second-order valence-electron chi connectivity index (χ2n) is 5.41. The van der Waals surface area contributed by atoms with E-state index in [1.165, 1.54) is 13.8 Å². The molecule has 0 saturated carbocycles. The van der Waals surface area contributed by atoms with Crippen LogP contribution < -0.4 is 15.4 Å². The molecule has 25 heavy (non-hydrogen) atoms. The lowest BCUT2D eigenvalue weighted by Gasteiger charge is -2.11. The van der Waals surface area contributed by atoms with Gasteiger partial charge in [-0.1, -0.05) is 6.07 Å². The summed E-state index contributed by atoms with van der Waals surface area (Å²) in [7, 11) is 0. The molecule has 0 saturated heterocycles. The Kier molecular flexibility index (Phi) is 6.13. The maximum Gasteiger partial charge on any atom is 0.221 e. The minimum Gasteiger partial charge on any atom is -0.492 e. The summed E-state index contributed by atoms with van der Waals surface area (Å²) in [5.41, 5.74) is 2.28. The minimum absolute atomic E-state index is 0.0569. The van der Waals surface area contributed by atoms with Gasteiger partial charge in [0.25, 0.3) is 0 Å². The van der Waals surface area contributed by atoms with E-state index in [0.717, 1.165) is 0 Å². The number of anilines is 2. The molecule has 0 heterocycles. The number of nitrogens with one attached hydrogen (secondary N) is 2. The second kappa shape index (κ2) is 8.50. The van der Waals surface area contributed by atoms with E-state index in [1.54, 1.807) is 42.5 Å². The Morgan fingerprint density at radius 3 is 2.64 bits per heavy atom. The topological polar surface area (TPSA) is 91.2 Å². The molecule has 2 N–H and O–H groups in total. The first-order chi connectivity index (χ1) is 12.0. The van der Waals surface area contributed by atoms with Gasteiger partial charge in [-0.05, 0) is 37.3 Å². The molecular formula is C19H19N3O3. The van der Waals surface area contributed by atoms with Gasteiger partial charge in [0.15, 0.2) is 5.78 Å². The number of hydrogen-bond acceptors (Lipinski definition) is 5. The first kappa shape index (κ1) is 18.0. The molecule has 0 atom stereocenters. The monoisotopic (exact) mass is 337 g/mol. The fraction of sp³-hybridized carbons (Fsp3) is 0.211. The van der Waals surface area contributed by atoms with E-state index in [2.05, 4.69) is 16.7 Å². The third kappa shape index (κ3) is 5.36. The molecule has 128 valence electrons. The largest absolute Gasteiger partial charge is 0.492 e. The number of nitriles is 1. The van der Waals surface area contributed by atoms with Crippen LogP contribution in [0.3, 0.4) is 0 Å². The van der Waals surface area contributed by atoms with E-state index < -0.39 is 0 Å². The summed E-state index contributed by atoms with van der Waals surface area (Å²) in [6.07, 6.45) is 0. The molecule has 2 aromatic carbocycles. The summed E-state index contributed by atoms with van der Waals surface area (Å²) in [6, 6.07) is 14.1. The van der Waals surface area contributed by atoms with Crippen molar-refractivity contribution in [2.24, 2.45) is 0 Å². The molecule has 1 amide bonds. The Morgan fingerprint density at radius 1 is 1.16 bits per heavy atom. The summed E-state index contributed by atoms with van der Waals surface area (Å²) in [6.45, 7) is 3.74. The lowest BCUT2D eigenvalue weighted by Crippen LogP contribution is -2.13. The Bertz CT molecular complexity index is 825. The number of ketones is 1. The van der Waals surface area contributed by atoms with Crippen molar-refractivity contribution in [1.82, 2.24) is 0 Å². The average molecular weight is 337 g/mol. The molecular weight excluding hydrogens is 318 g/mol. The van der Waals surface area contributed by atoms with Crippen molar-refractivity contribution in [2.45, 2.75) is 13.8 Å². The van der Waals surface area contributed by atoms with Crippen LogP contribution in [-0.2, 0) is 4.79 Å². The summed E-state index contributed by atoms with van der Waals surface area (Å²) >= 11 is 0. The number of nitrogens with zero attached hydrogens (tertiary/aromatic N) is 1. The zero-order chi connectivity index (χ0) is 18.2. The zero-order valence-corrected chi connectivity index (χ0v) is 14.1. The van der Waals surface area contributed by atoms with Crippen molar-refractivity contribution in [3.8, 4) is 11.8 Å². The van der Waals surface area contributed by atoms with E-state index in [1.807, 2.05) is 0 Å². The van der Waals surface area contributed by atoms with Crippen LogP contribution in [0.2, 0.25) is 0 Å². The molecule has 2 aromatic rings. The molecule has 0 fully saturated rings. The van der Waals surface area contributed by atoms with Crippen LogP contribution >= 0.6 is 0 Å². The smallest absolute Gasteiger partial charge is 0.221 e. The van der Waals surface area contributed by atoms with Gasteiger partial charge in [0, 0.05) is 30.8 Å². The van der Waals surface area contributed by atoms with Gasteiger partial charge >= 0.3 is 0 Å². The van der Waals surface area contributed by atoms with Crippen molar-refractivity contribution in [1.29, 1.82) is 5.26 Å². The van der Waals surface area contributed by atoms with Gasteiger partial charge in [0.2, 0.25) is 5.91 Å². The third-order valence-electron chi connectivity index (χ3n) is 3.39. The molecule has 0 aliphatic heterocycles. The lowest BCUT2D eigenvalue weighted by atomic mass is 10.1. The van der Waals surface area contributed by atoms with Crippen LogP contribution in [0.1, 0.15) is 29.8 Å². The molecule has 0 bridgehead atoms. The lowest BCUT2D eigenvalue weighted by molar-refractivity contribution is -0.114. The normalized spacial score (nSPS) is 9.80. The highest BCUT2D eigenvalue weighted by Crippen LogP contribution is 2.19. The van der Waals surface area contributed by atoms with Crippen molar-refractivity contribution < 1.29 is 14.3 Å². The molecule has 2 rings (SSSR count). The van der Waals surface area contributed by atoms with Crippen LogP contribution in [0.4, 0.5) is 11.4 Å². The van der Waals surface area contributed by atoms with E-state index in [0.29, 0.717) is 41.4 Å². The van der Waals surface area contributed by atoms with Gasteiger partial charge in [-0.3, -0.25) is 9.59 Å². The van der Waals surface area contributed by atoms with Crippen LogP contribution in [0.25, 0.3) is 0 Å². The highest BCUT2D eigenvalue weighted by atomic mass is 16.5. The molecule has 6 nitrogen and oxygen atoms in total. The first-order valence-electron chi connectivity index (χ1n) is 7.79. The molecule has 0 radical (unpaired) electrons. The number of rotatable bonds is 7. The van der Waals surface area contributed by atoms with Gasteiger partial charge in [-0.15, -0.1) is 0 Å². The Labute approximate surface area is 146 Å². The van der Waals surface area contributed by atoms with E-state index >= 15 is 0 Å². The average Bonchev–Trinajstić information content (AvgIpc) is 2.58. The molecule has 0 spiro atoms. The number of carbonyl (C=O) groups is 2. The van der Waals surface area contributed by atoms with Crippen molar-refractivity contribution in [3.05, 3.63) is 53.6 Å². The molecule has 0 unspecified atom stereocenters. The van der Waals surface area contributed by atoms with Gasteiger partial charge in [-0.25, -0.2) is 0 Å². The summed E-state index contributed by atoms with van der Waals surface area (Å²) in [5.74, 6) is 0.429. The summed E-state index contributed by atoms with van der Waals surface area (Å²) < 4.78 is 5.64. The Hall–Kier alpha value is -3.33. The van der Waals surface area contributed by atoms with Gasteiger partial charge < -0.3 is 15.4 Å². The molecule has 0 aromatic heterocycles. The molecule has 0 aliphatic rings. The van der Waals surface area contributed by atoms with Crippen molar-refractivity contribution >= 4 is 23.1 Å². The maximum absolute atomic E-state index is 11.5. The number of hydrogen-bond donors (Lipinski definition) is 2. The van der Waals surface area contributed by atoms with Gasteiger partial charge in [0.1, 0.15) is 18.4 Å². The predicted molar refractivity (Wildman–Crippen MR) is 95.9 cm³/mol. The number of Topliss-reactive ketones (excluding diaryl/α,β-unsaturated/α-hetero) is 1. The van der Waals surface area contributed by atoms with Crippen molar-refractivity contribution in [3.63, 3.8) is 0 Å². The standard InChI is InChI=1S/C19H19N3O3/c1-13(23)15-6-7-16(12-20)19(10-15)21-8-9-25-18-5-3-4-17(11-18)22-14(2)24/h3-7,10-11,21H,8-9H2,1-2H3,(H,22,24). The van der Waals surface area contributed by atoms with Crippen LogP contribution in [-0.4, -0.2) is 24.8 Å². The Balaban J connectivity index is 1.93. The number of amides is 1. The fourth-order valence-electron chi connectivity index (χ4n) is 2.23. The summed E-state index contributed by atoms with van der Waals surface area (Å²) in [5, 5.41) is 14.9. The first-order valence-corrected chi connectivity index (χ1v) is 7.79. The van der Waals surface area contributed by atoms with Gasteiger partial charge in [-0.2, -0.15) is 5.26 Å². The van der Waals surface area contributed by atoms with Crippen LogP contribution in [0, 0.1) is 11.3 Å². The van der Waals surface area contributed by atoms with E-state index in [4.69, 9.17) is 10.00 Å². The minimum atomic E-state index is -0.145. The highest BCUT2D eigenvalue weighted by Gasteiger charge is 2.06. The number of carbonyl (C=O) groups excluding carboxylic acids is 2. The fourth-order valence-corrected chi connectivity index (χ4v) is 2.23. The SMILES string of the molecule is CC(=O)Nc1cccc(OCCNc2cc(C(C)=O)ccc2C#N)c1. The Morgan fingerprint density at radius 2 is 1.96 bits per heavy atom. The maximum atomic E-state index is 11.5. The summed E-state index contributed by atoms with van der Waals surface area (Å²) in [4.78, 5) is 22.5. The zero-order valence-electron chi connectivity index (χ0n) is 14.1. The van der Waals surface area contributed by atoms with E-state index in [-0.39, 0.29) is 11.7 Å². The van der Waals surface area contributed by atoms with Crippen molar-refractivity contribution in [2.75, 3.05) is 23.8 Å². The highest BCUT2D eigenvalue weighted by molar-refractivity contribution is 5.95. The number of benzene rings is 2.